The number of likely N-dealkylation sites (tertiary alicyclic amines) is 1. The molecule has 1 saturated heterocycles. The van der Waals surface area contributed by atoms with E-state index in [9.17, 15) is 9.59 Å². The van der Waals surface area contributed by atoms with Gasteiger partial charge in [-0.2, -0.15) is 5.10 Å². The van der Waals surface area contributed by atoms with Crippen LogP contribution in [0.4, 0.5) is 0 Å². The van der Waals surface area contributed by atoms with Crippen molar-refractivity contribution in [3.63, 3.8) is 0 Å². The van der Waals surface area contributed by atoms with Crippen molar-refractivity contribution in [3.05, 3.63) is 81.6 Å². The predicted octanol–water partition coefficient (Wildman–Crippen LogP) is 4.34. The van der Waals surface area contributed by atoms with Crippen LogP contribution in [0.25, 0.3) is 5.69 Å². The van der Waals surface area contributed by atoms with Gasteiger partial charge in [-0.25, -0.2) is 4.68 Å². The minimum atomic E-state index is -0.584. The lowest BCUT2D eigenvalue weighted by atomic mass is 10.0. The maximum atomic E-state index is 13.2. The Morgan fingerprint density at radius 2 is 1.76 bits per heavy atom. The van der Waals surface area contributed by atoms with E-state index in [1.807, 2.05) is 78.9 Å². The SMILES string of the molecule is Cc1ccc(-n2nc(C)c(CC(=O)NC(Cc3ccccc3)C(=O)N3CCCC3)c2C)cc1Cl. The van der Waals surface area contributed by atoms with Gasteiger partial charge in [0.25, 0.3) is 0 Å². The Kier molecular flexibility index (Phi) is 7.37. The summed E-state index contributed by atoms with van der Waals surface area (Å²) in [6, 6.07) is 15.0. The van der Waals surface area contributed by atoms with Gasteiger partial charge in [-0.3, -0.25) is 9.59 Å². The van der Waals surface area contributed by atoms with Gasteiger partial charge in [0.05, 0.1) is 17.8 Å². The second-order valence-corrected chi connectivity index (χ2v) is 9.42. The summed E-state index contributed by atoms with van der Waals surface area (Å²) >= 11 is 6.31. The number of halogens is 1. The number of aromatic nitrogens is 2. The Morgan fingerprint density at radius 1 is 1.06 bits per heavy atom. The van der Waals surface area contributed by atoms with E-state index in [2.05, 4.69) is 10.4 Å². The molecule has 178 valence electrons. The Hall–Kier alpha value is -3.12. The van der Waals surface area contributed by atoms with E-state index in [1.54, 1.807) is 0 Å². The number of hydrogen-bond acceptors (Lipinski definition) is 3. The zero-order chi connectivity index (χ0) is 24.2. The third-order valence-corrected chi connectivity index (χ3v) is 6.92. The Balaban J connectivity index is 1.52. The maximum Gasteiger partial charge on any atom is 0.245 e. The van der Waals surface area contributed by atoms with E-state index < -0.39 is 6.04 Å². The summed E-state index contributed by atoms with van der Waals surface area (Å²) in [5, 5.41) is 8.35. The van der Waals surface area contributed by atoms with Crippen LogP contribution >= 0.6 is 11.6 Å². The number of hydrogen-bond donors (Lipinski definition) is 1. The number of benzene rings is 2. The van der Waals surface area contributed by atoms with Gasteiger partial charge in [0.15, 0.2) is 0 Å². The normalized spacial score (nSPS) is 14.3. The van der Waals surface area contributed by atoms with E-state index in [0.717, 1.165) is 59.7 Å². The molecular weight excluding hydrogens is 448 g/mol. The van der Waals surface area contributed by atoms with Crippen LogP contribution in [-0.2, 0) is 22.4 Å². The molecule has 0 bridgehead atoms. The fourth-order valence-corrected chi connectivity index (χ4v) is 4.68. The van der Waals surface area contributed by atoms with E-state index in [1.165, 1.54) is 0 Å². The van der Waals surface area contributed by atoms with Gasteiger partial charge in [-0.15, -0.1) is 0 Å². The summed E-state index contributed by atoms with van der Waals surface area (Å²) in [5.74, 6) is -0.186. The van der Waals surface area contributed by atoms with Gasteiger partial charge in [0.2, 0.25) is 11.8 Å². The largest absolute Gasteiger partial charge is 0.344 e. The molecule has 2 amide bonds. The first-order valence-electron chi connectivity index (χ1n) is 11.8. The van der Waals surface area contributed by atoms with Crippen LogP contribution < -0.4 is 5.32 Å². The van der Waals surface area contributed by atoms with Crippen molar-refractivity contribution in [1.29, 1.82) is 0 Å². The van der Waals surface area contributed by atoms with Crippen LogP contribution in [0.5, 0.6) is 0 Å². The van der Waals surface area contributed by atoms with Gasteiger partial charge in [0, 0.05) is 35.8 Å². The summed E-state index contributed by atoms with van der Waals surface area (Å²) in [4.78, 5) is 28.2. The van der Waals surface area contributed by atoms with E-state index in [0.29, 0.717) is 11.4 Å². The molecule has 7 heteroatoms. The second-order valence-electron chi connectivity index (χ2n) is 9.01. The van der Waals surface area contributed by atoms with E-state index in [-0.39, 0.29) is 18.2 Å². The average molecular weight is 479 g/mol. The lowest BCUT2D eigenvalue weighted by Gasteiger charge is -2.24. The summed E-state index contributed by atoms with van der Waals surface area (Å²) in [5.41, 5.74) is 5.42. The summed E-state index contributed by atoms with van der Waals surface area (Å²) < 4.78 is 1.82. The number of rotatable bonds is 7. The van der Waals surface area contributed by atoms with Gasteiger partial charge in [-0.05, 0) is 56.9 Å². The molecule has 1 N–H and O–H groups in total. The maximum absolute atomic E-state index is 13.2. The van der Waals surface area contributed by atoms with Crippen LogP contribution in [0, 0.1) is 20.8 Å². The van der Waals surface area contributed by atoms with Crippen molar-refractivity contribution in [2.24, 2.45) is 0 Å². The van der Waals surface area contributed by atoms with Gasteiger partial charge >= 0.3 is 0 Å². The molecular formula is C27H31ClN4O2. The van der Waals surface area contributed by atoms with Crippen LogP contribution in [0.1, 0.15) is 40.9 Å². The highest BCUT2D eigenvalue weighted by molar-refractivity contribution is 6.31. The van der Waals surface area contributed by atoms with Crippen molar-refractivity contribution in [2.45, 2.75) is 52.5 Å². The molecule has 1 aliphatic heterocycles. The molecule has 0 spiro atoms. The number of aryl methyl sites for hydroxylation is 2. The van der Waals surface area contributed by atoms with Gasteiger partial charge in [-0.1, -0.05) is 48.0 Å². The van der Waals surface area contributed by atoms with Crippen LogP contribution in [0.15, 0.2) is 48.5 Å². The van der Waals surface area contributed by atoms with Gasteiger partial charge in [0.1, 0.15) is 6.04 Å². The van der Waals surface area contributed by atoms with Crippen molar-refractivity contribution < 1.29 is 9.59 Å². The molecule has 1 fully saturated rings. The molecule has 1 atom stereocenters. The number of carbonyl (C=O) groups is 2. The molecule has 6 nitrogen and oxygen atoms in total. The van der Waals surface area contributed by atoms with Crippen LogP contribution in [0.2, 0.25) is 5.02 Å². The Morgan fingerprint density at radius 3 is 2.44 bits per heavy atom. The van der Waals surface area contributed by atoms with Crippen molar-refractivity contribution in [3.8, 4) is 5.69 Å². The molecule has 34 heavy (non-hydrogen) atoms. The molecule has 2 aromatic carbocycles. The Bertz CT molecular complexity index is 1180. The number of carbonyl (C=O) groups excluding carboxylic acids is 2. The fourth-order valence-electron chi connectivity index (χ4n) is 4.51. The quantitative estimate of drug-likeness (QED) is 0.549. The molecule has 0 aliphatic carbocycles. The minimum Gasteiger partial charge on any atom is -0.344 e. The third kappa shape index (κ3) is 5.33. The van der Waals surface area contributed by atoms with Crippen molar-refractivity contribution >= 4 is 23.4 Å². The summed E-state index contributed by atoms with van der Waals surface area (Å²) in [6.45, 7) is 7.32. The smallest absolute Gasteiger partial charge is 0.245 e. The molecule has 3 aromatic rings. The van der Waals surface area contributed by atoms with Crippen LogP contribution in [-0.4, -0.2) is 45.6 Å². The first-order chi connectivity index (χ1) is 16.3. The third-order valence-electron chi connectivity index (χ3n) is 6.51. The van der Waals surface area contributed by atoms with E-state index >= 15 is 0 Å². The molecule has 1 unspecified atom stereocenters. The molecule has 1 aromatic heterocycles. The lowest BCUT2D eigenvalue weighted by molar-refractivity contribution is -0.135. The molecule has 0 saturated carbocycles. The highest BCUT2D eigenvalue weighted by atomic mass is 35.5. The minimum absolute atomic E-state index is 0.00635. The Labute approximate surface area is 205 Å². The standard InChI is InChI=1S/C27H31ClN4O2/c1-18-11-12-22(16-24(18)28)32-20(3)23(19(2)30-32)17-26(33)29-25(15-21-9-5-4-6-10-21)27(34)31-13-7-8-14-31/h4-6,9-12,16,25H,7-8,13-15,17H2,1-3H3,(H,29,33). The average Bonchev–Trinajstić information content (AvgIpc) is 3.45. The first kappa shape index (κ1) is 24.0. The fraction of sp³-hybridized carbons (Fsp3) is 0.370. The van der Waals surface area contributed by atoms with Gasteiger partial charge < -0.3 is 10.2 Å². The molecule has 0 radical (unpaired) electrons. The summed E-state index contributed by atoms with van der Waals surface area (Å²) in [6.07, 6.45) is 2.66. The number of amides is 2. The molecule has 1 aliphatic rings. The zero-order valence-corrected chi connectivity index (χ0v) is 20.7. The number of nitrogens with zero attached hydrogens (tertiary/aromatic N) is 3. The lowest BCUT2D eigenvalue weighted by Crippen LogP contribution is -2.49. The second kappa shape index (κ2) is 10.4. The predicted molar refractivity (Wildman–Crippen MR) is 134 cm³/mol. The summed E-state index contributed by atoms with van der Waals surface area (Å²) in [7, 11) is 0. The number of nitrogens with one attached hydrogen (secondary N) is 1. The topological polar surface area (TPSA) is 67.2 Å². The molecule has 2 heterocycles. The highest BCUT2D eigenvalue weighted by Crippen LogP contribution is 2.23. The highest BCUT2D eigenvalue weighted by Gasteiger charge is 2.28. The van der Waals surface area contributed by atoms with Crippen molar-refractivity contribution in [2.75, 3.05) is 13.1 Å². The van der Waals surface area contributed by atoms with E-state index in [4.69, 9.17) is 11.6 Å². The van der Waals surface area contributed by atoms with Crippen molar-refractivity contribution in [1.82, 2.24) is 20.0 Å². The first-order valence-corrected chi connectivity index (χ1v) is 12.1. The molecule has 4 rings (SSSR count). The monoisotopic (exact) mass is 478 g/mol. The zero-order valence-electron chi connectivity index (χ0n) is 20.0. The van der Waals surface area contributed by atoms with Crippen LogP contribution in [0.3, 0.4) is 0 Å².